The van der Waals surface area contributed by atoms with Gasteiger partial charge in [0.1, 0.15) is 0 Å². The zero-order valence-electron chi connectivity index (χ0n) is 17.1. The normalized spacial score (nSPS) is 11.0. The number of nitrogens with zero attached hydrogens (tertiary/aromatic N) is 6. The van der Waals surface area contributed by atoms with Crippen LogP contribution in [0.15, 0.2) is 53.0 Å². The van der Waals surface area contributed by atoms with Gasteiger partial charge in [-0.25, -0.2) is 4.98 Å². The lowest BCUT2D eigenvalue weighted by Crippen LogP contribution is -2.23. The van der Waals surface area contributed by atoms with Crippen LogP contribution in [0.4, 0.5) is 10.8 Å². The molecule has 0 aliphatic heterocycles. The molecule has 0 saturated heterocycles. The van der Waals surface area contributed by atoms with Gasteiger partial charge < -0.3 is 0 Å². The number of thiazole rings is 1. The number of thioether (sulfide) groups is 1. The molecular formula is C21H19ClN6OS2. The van der Waals surface area contributed by atoms with Crippen molar-refractivity contribution in [1.29, 1.82) is 0 Å². The predicted molar refractivity (Wildman–Crippen MR) is 125 cm³/mol. The summed E-state index contributed by atoms with van der Waals surface area (Å²) in [5, 5.41) is 15.9. The average molecular weight is 471 g/mol. The van der Waals surface area contributed by atoms with Crippen LogP contribution in [0.5, 0.6) is 0 Å². The largest absolute Gasteiger partial charge is 0.274 e. The molecule has 7 nitrogen and oxygen atoms in total. The van der Waals surface area contributed by atoms with Crippen molar-refractivity contribution in [1.82, 2.24) is 25.2 Å². The molecule has 4 rings (SSSR count). The third-order valence-electron chi connectivity index (χ3n) is 4.72. The van der Waals surface area contributed by atoms with Crippen LogP contribution < -0.4 is 4.90 Å². The van der Waals surface area contributed by atoms with Crippen molar-refractivity contribution in [3.8, 4) is 5.69 Å². The number of hydrogen-bond donors (Lipinski definition) is 0. The third-order valence-corrected chi connectivity index (χ3v) is 6.80. The molecule has 0 N–H and O–H groups in total. The Morgan fingerprint density at radius 2 is 1.97 bits per heavy atom. The Balaban J connectivity index is 1.53. The second-order valence-corrected chi connectivity index (χ2v) is 9.05. The number of carbonyl (C=O) groups is 1. The summed E-state index contributed by atoms with van der Waals surface area (Å²) in [5.74, 6) is 0.497. The SMILES string of the molecule is CC(=O)N(c1nc(CSc2nnnn2-c2ccc(Cl)cc2)cs1)c1cccc(C)c1C. The molecule has 0 radical (unpaired) electrons. The minimum Gasteiger partial charge on any atom is -0.274 e. The van der Waals surface area contributed by atoms with Gasteiger partial charge >= 0.3 is 0 Å². The molecule has 0 fully saturated rings. The topological polar surface area (TPSA) is 76.8 Å². The van der Waals surface area contributed by atoms with Crippen molar-refractivity contribution >= 4 is 51.4 Å². The number of aryl methyl sites for hydroxylation is 1. The Morgan fingerprint density at radius 1 is 1.19 bits per heavy atom. The maximum absolute atomic E-state index is 12.4. The first-order valence-corrected chi connectivity index (χ1v) is 11.7. The Hall–Kier alpha value is -2.75. The Kier molecular flexibility index (Phi) is 6.35. The highest BCUT2D eigenvalue weighted by Crippen LogP contribution is 2.33. The number of carbonyl (C=O) groups excluding carboxylic acids is 1. The lowest BCUT2D eigenvalue weighted by atomic mass is 10.1. The molecule has 31 heavy (non-hydrogen) atoms. The van der Waals surface area contributed by atoms with E-state index in [0.29, 0.717) is 21.1 Å². The van der Waals surface area contributed by atoms with Crippen LogP contribution in [-0.2, 0) is 10.5 Å². The molecule has 2 heterocycles. The summed E-state index contributed by atoms with van der Waals surface area (Å²) in [5.41, 5.74) is 4.73. The molecule has 4 aromatic rings. The first-order chi connectivity index (χ1) is 14.9. The summed E-state index contributed by atoms with van der Waals surface area (Å²) >= 11 is 8.88. The molecule has 0 unspecified atom stereocenters. The van der Waals surface area contributed by atoms with Gasteiger partial charge in [0.05, 0.1) is 17.1 Å². The number of amides is 1. The summed E-state index contributed by atoms with van der Waals surface area (Å²) in [6.07, 6.45) is 0. The number of tetrazole rings is 1. The lowest BCUT2D eigenvalue weighted by molar-refractivity contribution is -0.115. The molecule has 0 bridgehead atoms. The van der Waals surface area contributed by atoms with E-state index in [1.54, 1.807) is 28.6 Å². The maximum atomic E-state index is 12.4. The van der Waals surface area contributed by atoms with E-state index in [4.69, 9.17) is 16.6 Å². The average Bonchev–Trinajstić information content (AvgIpc) is 3.40. The fraction of sp³-hybridized carbons (Fsp3) is 0.190. The molecule has 158 valence electrons. The van der Waals surface area contributed by atoms with E-state index in [0.717, 1.165) is 28.2 Å². The first kappa shape index (κ1) is 21.5. The number of halogens is 1. The highest BCUT2D eigenvalue weighted by molar-refractivity contribution is 7.98. The smallest absolute Gasteiger partial charge is 0.230 e. The van der Waals surface area contributed by atoms with Crippen LogP contribution in [0, 0.1) is 13.8 Å². The van der Waals surface area contributed by atoms with Crippen LogP contribution in [0.1, 0.15) is 23.7 Å². The molecular weight excluding hydrogens is 452 g/mol. The van der Waals surface area contributed by atoms with Crippen LogP contribution >= 0.6 is 34.7 Å². The Labute approximate surface area is 193 Å². The molecule has 1 amide bonds. The number of benzene rings is 2. The fourth-order valence-corrected chi connectivity index (χ4v) is 4.90. The highest BCUT2D eigenvalue weighted by Gasteiger charge is 2.20. The van der Waals surface area contributed by atoms with Gasteiger partial charge in [0.25, 0.3) is 0 Å². The Bertz CT molecular complexity index is 1220. The summed E-state index contributed by atoms with van der Waals surface area (Å²) in [4.78, 5) is 18.8. The van der Waals surface area contributed by atoms with Crippen molar-refractivity contribution in [2.75, 3.05) is 4.90 Å². The Morgan fingerprint density at radius 3 is 2.71 bits per heavy atom. The number of aromatic nitrogens is 5. The maximum Gasteiger partial charge on any atom is 0.230 e. The monoisotopic (exact) mass is 470 g/mol. The number of hydrogen-bond acceptors (Lipinski definition) is 7. The number of anilines is 2. The zero-order valence-corrected chi connectivity index (χ0v) is 19.5. The molecule has 0 spiro atoms. The van der Waals surface area contributed by atoms with Gasteiger partial charge in [0.15, 0.2) is 5.13 Å². The van der Waals surface area contributed by atoms with Crippen LogP contribution in [0.2, 0.25) is 5.02 Å². The summed E-state index contributed by atoms with van der Waals surface area (Å²) < 4.78 is 1.66. The second kappa shape index (κ2) is 9.17. The molecule has 10 heteroatoms. The zero-order chi connectivity index (χ0) is 22.0. The molecule has 0 saturated carbocycles. The van der Waals surface area contributed by atoms with E-state index in [-0.39, 0.29) is 5.91 Å². The quantitative estimate of drug-likeness (QED) is 0.353. The minimum absolute atomic E-state index is 0.0751. The highest BCUT2D eigenvalue weighted by atomic mass is 35.5. The van der Waals surface area contributed by atoms with Gasteiger partial charge in [0.2, 0.25) is 11.1 Å². The van der Waals surface area contributed by atoms with Gasteiger partial charge in [-0.2, -0.15) is 4.68 Å². The predicted octanol–water partition coefficient (Wildman–Crippen LogP) is 5.37. The molecule has 0 aliphatic rings. The molecule has 0 atom stereocenters. The summed E-state index contributed by atoms with van der Waals surface area (Å²) in [6, 6.07) is 13.2. The van der Waals surface area contributed by atoms with Crippen LogP contribution in [0.25, 0.3) is 5.69 Å². The van der Waals surface area contributed by atoms with Gasteiger partial charge in [-0.3, -0.25) is 9.69 Å². The summed E-state index contributed by atoms with van der Waals surface area (Å²) in [6.45, 7) is 5.60. The van der Waals surface area contributed by atoms with Gasteiger partial charge in [-0.15, -0.1) is 16.4 Å². The second-order valence-electron chi connectivity index (χ2n) is 6.83. The minimum atomic E-state index is -0.0751. The lowest BCUT2D eigenvalue weighted by Gasteiger charge is -2.21. The van der Waals surface area contributed by atoms with Crippen molar-refractivity contribution in [2.45, 2.75) is 31.7 Å². The van der Waals surface area contributed by atoms with Gasteiger partial charge in [-0.1, -0.05) is 35.5 Å². The van der Waals surface area contributed by atoms with Gasteiger partial charge in [-0.05, 0) is 65.7 Å². The van der Waals surface area contributed by atoms with Crippen molar-refractivity contribution < 1.29 is 4.79 Å². The van der Waals surface area contributed by atoms with E-state index < -0.39 is 0 Å². The van der Waals surface area contributed by atoms with E-state index in [1.165, 1.54) is 23.1 Å². The number of rotatable bonds is 6. The molecule has 2 aromatic carbocycles. The third kappa shape index (κ3) is 4.63. The first-order valence-electron chi connectivity index (χ1n) is 9.42. The van der Waals surface area contributed by atoms with E-state index in [1.807, 2.05) is 49.6 Å². The molecule has 2 aromatic heterocycles. The molecule has 0 aliphatic carbocycles. The van der Waals surface area contributed by atoms with E-state index >= 15 is 0 Å². The van der Waals surface area contributed by atoms with Crippen molar-refractivity contribution in [3.05, 3.63) is 69.7 Å². The van der Waals surface area contributed by atoms with Gasteiger partial charge in [0, 0.05) is 23.1 Å². The van der Waals surface area contributed by atoms with Crippen molar-refractivity contribution in [3.63, 3.8) is 0 Å². The fourth-order valence-electron chi connectivity index (χ4n) is 3.00. The van der Waals surface area contributed by atoms with E-state index in [9.17, 15) is 4.79 Å². The van der Waals surface area contributed by atoms with E-state index in [2.05, 4.69) is 15.5 Å². The van der Waals surface area contributed by atoms with Crippen molar-refractivity contribution in [2.24, 2.45) is 0 Å². The van der Waals surface area contributed by atoms with Crippen LogP contribution in [-0.4, -0.2) is 31.1 Å². The standard InChI is InChI=1S/C21H19ClN6OS2/c1-13-5-4-6-19(14(13)2)27(15(3)29)20-23-17(11-30-20)12-31-21-24-25-26-28(21)18-9-7-16(22)8-10-18/h4-11H,12H2,1-3H3. The van der Waals surface area contributed by atoms with Crippen LogP contribution in [0.3, 0.4) is 0 Å². The summed E-state index contributed by atoms with van der Waals surface area (Å²) in [7, 11) is 0.